The molecule has 0 aliphatic rings. The van der Waals surface area contributed by atoms with Crippen LogP contribution in [0.15, 0.2) is 0 Å². The van der Waals surface area contributed by atoms with Crippen LogP contribution in [-0.2, 0) is 23.1 Å². The number of carbonyl (C=O) groups is 1. The van der Waals surface area contributed by atoms with Crippen molar-refractivity contribution < 1.29 is 37.6 Å². The fourth-order valence-electron chi connectivity index (χ4n) is 3.47. The number of ether oxygens (including phenoxy) is 1. The molecule has 0 aromatic rings. The number of quaternary nitrogens is 1. The van der Waals surface area contributed by atoms with E-state index < -0.39 is 33.1 Å². The summed E-state index contributed by atoms with van der Waals surface area (Å²) in [4.78, 5) is 23.8. The van der Waals surface area contributed by atoms with Crippen molar-refractivity contribution in [3.8, 4) is 0 Å². The predicted molar refractivity (Wildman–Crippen MR) is 134 cm³/mol. The SMILES string of the molecule is CCCCCCCCCCCCCCCCC(=O)O[C@H](CO)COP(=O)([O-])OCC[N+](C)(C)C. The molecule has 0 radical (unpaired) electrons. The van der Waals surface area contributed by atoms with E-state index in [0.717, 1.165) is 19.3 Å². The van der Waals surface area contributed by atoms with E-state index in [4.69, 9.17) is 13.8 Å². The Balaban J connectivity index is 3.71. The molecule has 0 aromatic carbocycles. The van der Waals surface area contributed by atoms with Crippen molar-refractivity contribution in [3.63, 3.8) is 0 Å². The van der Waals surface area contributed by atoms with E-state index in [1.165, 1.54) is 70.6 Å². The molecule has 0 amide bonds. The van der Waals surface area contributed by atoms with Crippen LogP contribution in [0.25, 0.3) is 0 Å². The van der Waals surface area contributed by atoms with Crippen LogP contribution in [-0.4, -0.2) is 69.2 Å². The van der Waals surface area contributed by atoms with Gasteiger partial charge in [0.2, 0.25) is 0 Å². The average molecular weight is 510 g/mol. The molecule has 0 bridgehead atoms. The highest BCUT2D eigenvalue weighted by atomic mass is 31.2. The molecule has 0 rings (SSSR count). The summed E-state index contributed by atoms with van der Waals surface area (Å²) in [7, 11) is 1.24. The van der Waals surface area contributed by atoms with Crippen LogP contribution in [0.2, 0.25) is 0 Å². The summed E-state index contributed by atoms with van der Waals surface area (Å²) in [5.41, 5.74) is 0. The average Bonchev–Trinajstić information content (AvgIpc) is 2.75. The highest BCUT2D eigenvalue weighted by Crippen LogP contribution is 2.38. The van der Waals surface area contributed by atoms with Crippen LogP contribution < -0.4 is 4.89 Å². The minimum atomic E-state index is -4.50. The van der Waals surface area contributed by atoms with Gasteiger partial charge in [-0.3, -0.25) is 9.36 Å². The number of rotatable bonds is 24. The zero-order chi connectivity index (χ0) is 25.7. The molecule has 0 aromatic heterocycles. The number of esters is 1. The minimum absolute atomic E-state index is 0.00696. The Kier molecular flexibility index (Phi) is 20.4. The number of likely N-dealkylation sites (N-methyl/N-ethyl adjacent to an activating group) is 1. The first-order chi connectivity index (χ1) is 16.1. The molecule has 0 saturated carbocycles. The third-order valence-corrected chi connectivity index (χ3v) is 6.63. The van der Waals surface area contributed by atoms with Crippen molar-refractivity contribution >= 4 is 13.8 Å². The summed E-state index contributed by atoms with van der Waals surface area (Å²) in [5, 5.41) is 9.36. The van der Waals surface area contributed by atoms with Gasteiger partial charge in [0.15, 0.2) is 0 Å². The quantitative estimate of drug-likeness (QED) is 0.0847. The maximum absolute atomic E-state index is 12.0. The second kappa shape index (κ2) is 20.7. The number of nitrogens with zero attached hydrogens (tertiary/aromatic N) is 1. The topological polar surface area (TPSA) is 105 Å². The Labute approximate surface area is 208 Å². The number of hydrogen-bond acceptors (Lipinski definition) is 7. The molecular formula is C25H52NO7P. The number of aliphatic hydroxyl groups is 1. The Morgan fingerprint density at radius 3 is 1.76 bits per heavy atom. The number of hydrogen-bond donors (Lipinski definition) is 1. The lowest BCUT2D eigenvalue weighted by molar-refractivity contribution is -0.870. The molecule has 0 aliphatic carbocycles. The van der Waals surface area contributed by atoms with Gasteiger partial charge in [-0.15, -0.1) is 0 Å². The van der Waals surface area contributed by atoms with Gasteiger partial charge in [0.1, 0.15) is 19.3 Å². The molecule has 204 valence electrons. The lowest BCUT2D eigenvalue weighted by atomic mass is 10.0. The summed E-state index contributed by atoms with van der Waals surface area (Å²) >= 11 is 0. The van der Waals surface area contributed by atoms with Crippen LogP contribution in [0.4, 0.5) is 0 Å². The fraction of sp³-hybridized carbons (Fsp3) is 0.960. The number of phosphoric ester groups is 1. The standard InChI is InChI=1S/C25H52NO7P/c1-5-6-7-8-9-10-11-12-13-14-15-16-17-18-19-25(28)33-24(22-27)23-32-34(29,30)31-21-20-26(2,3)4/h24,27H,5-23H2,1-4H3/t24-/m1/s1. The summed E-state index contributed by atoms with van der Waals surface area (Å²) < 4.78 is 27.0. The Morgan fingerprint density at radius 2 is 1.32 bits per heavy atom. The summed E-state index contributed by atoms with van der Waals surface area (Å²) in [5.74, 6) is -0.451. The van der Waals surface area contributed by atoms with Gasteiger partial charge in [-0.2, -0.15) is 0 Å². The second-order valence-electron chi connectivity index (χ2n) is 10.2. The molecule has 0 aliphatic heterocycles. The molecule has 34 heavy (non-hydrogen) atoms. The molecule has 1 N–H and O–H groups in total. The van der Waals surface area contributed by atoms with Gasteiger partial charge in [-0.1, -0.05) is 90.4 Å². The zero-order valence-corrected chi connectivity index (χ0v) is 23.2. The van der Waals surface area contributed by atoms with E-state index in [-0.39, 0.29) is 13.0 Å². The van der Waals surface area contributed by atoms with E-state index in [1.54, 1.807) is 0 Å². The van der Waals surface area contributed by atoms with Gasteiger partial charge in [-0.25, -0.2) is 0 Å². The van der Waals surface area contributed by atoms with Gasteiger partial charge in [0.05, 0.1) is 34.4 Å². The molecule has 0 saturated heterocycles. The summed E-state index contributed by atoms with van der Waals surface area (Å²) in [6, 6.07) is 0. The summed E-state index contributed by atoms with van der Waals surface area (Å²) in [6.07, 6.45) is 16.6. The van der Waals surface area contributed by atoms with Crippen molar-refractivity contribution in [2.45, 2.75) is 109 Å². The first-order valence-electron chi connectivity index (χ1n) is 13.3. The second-order valence-corrected chi connectivity index (χ2v) is 11.6. The fourth-order valence-corrected chi connectivity index (χ4v) is 4.20. The Bertz CT molecular complexity index is 540. The molecule has 0 fully saturated rings. The highest BCUT2D eigenvalue weighted by Gasteiger charge is 2.19. The van der Waals surface area contributed by atoms with Gasteiger partial charge < -0.3 is 28.3 Å². The normalized spacial score (nSPS) is 14.6. The third kappa shape index (κ3) is 23.3. The van der Waals surface area contributed by atoms with Crippen LogP contribution in [0, 0.1) is 0 Å². The predicted octanol–water partition coefficient (Wildman–Crippen LogP) is 4.97. The molecular weight excluding hydrogens is 457 g/mol. The van der Waals surface area contributed by atoms with E-state index in [2.05, 4.69) is 6.92 Å². The molecule has 9 heteroatoms. The van der Waals surface area contributed by atoms with Crippen LogP contribution >= 0.6 is 7.82 Å². The van der Waals surface area contributed by atoms with E-state index in [1.807, 2.05) is 21.1 Å². The molecule has 1 unspecified atom stereocenters. The lowest BCUT2D eigenvalue weighted by Gasteiger charge is -2.28. The Hall–Kier alpha value is -0.500. The van der Waals surface area contributed by atoms with Crippen molar-refractivity contribution in [1.82, 2.24) is 0 Å². The number of aliphatic hydroxyl groups excluding tert-OH is 1. The smallest absolute Gasteiger partial charge is 0.306 e. The van der Waals surface area contributed by atoms with Gasteiger partial charge in [0, 0.05) is 6.42 Å². The van der Waals surface area contributed by atoms with Crippen molar-refractivity contribution in [3.05, 3.63) is 0 Å². The van der Waals surface area contributed by atoms with Gasteiger partial charge >= 0.3 is 5.97 Å². The first-order valence-corrected chi connectivity index (χ1v) is 14.8. The van der Waals surface area contributed by atoms with Crippen molar-refractivity contribution in [2.75, 3.05) is 47.5 Å². The van der Waals surface area contributed by atoms with Crippen LogP contribution in [0.1, 0.15) is 103 Å². The first kappa shape index (κ1) is 33.5. The van der Waals surface area contributed by atoms with Crippen LogP contribution in [0.5, 0.6) is 0 Å². The maximum Gasteiger partial charge on any atom is 0.306 e. The minimum Gasteiger partial charge on any atom is -0.756 e. The van der Waals surface area contributed by atoms with E-state index in [0.29, 0.717) is 11.0 Å². The van der Waals surface area contributed by atoms with Gasteiger partial charge in [-0.05, 0) is 6.42 Å². The monoisotopic (exact) mass is 509 g/mol. The maximum atomic E-state index is 12.0. The Morgan fingerprint density at radius 1 is 0.853 bits per heavy atom. The highest BCUT2D eigenvalue weighted by molar-refractivity contribution is 7.45. The largest absolute Gasteiger partial charge is 0.756 e. The number of carbonyl (C=O) groups excluding carboxylic acids is 1. The lowest BCUT2D eigenvalue weighted by Crippen LogP contribution is -2.37. The number of phosphoric acid groups is 1. The molecule has 0 spiro atoms. The van der Waals surface area contributed by atoms with E-state index in [9.17, 15) is 19.4 Å². The van der Waals surface area contributed by atoms with Crippen LogP contribution in [0.3, 0.4) is 0 Å². The van der Waals surface area contributed by atoms with Gasteiger partial charge in [0.25, 0.3) is 7.82 Å². The molecule has 0 heterocycles. The van der Waals surface area contributed by atoms with E-state index >= 15 is 0 Å². The summed E-state index contributed by atoms with van der Waals surface area (Å²) in [6.45, 7) is 1.77. The third-order valence-electron chi connectivity index (χ3n) is 5.67. The van der Waals surface area contributed by atoms with Crippen molar-refractivity contribution in [1.29, 1.82) is 0 Å². The molecule has 2 atom stereocenters. The number of unbranched alkanes of at least 4 members (excludes halogenated alkanes) is 13. The molecule has 8 nitrogen and oxygen atoms in total. The zero-order valence-electron chi connectivity index (χ0n) is 22.3. The van der Waals surface area contributed by atoms with Crippen molar-refractivity contribution in [2.24, 2.45) is 0 Å².